The molecule has 0 aliphatic carbocycles. The van der Waals surface area contributed by atoms with Gasteiger partial charge in [0.15, 0.2) is 0 Å². The molecule has 0 spiro atoms. The third-order valence-corrected chi connectivity index (χ3v) is 2.72. The molecule has 0 saturated heterocycles. The molecule has 0 aromatic rings. The summed E-state index contributed by atoms with van der Waals surface area (Å²) in [6.45, 7) is 0. The van der Waals surface area contributed by atoms with E-state index in [1.807, 2.05) is 4.39 Å². The van der Waals surface area contributed by atoms with Crippen molar-refractivity contribution < 1.29 is 26.1 Å². The van der Waals surface area contributed by atoms with E-state index in [-0.39, 0.29) is 22.6 Å². The predicted molar refractivity (Wildman–Crippen MR) is 30.1 cm³/mol. The molecule has 0 rings (SSSR count). The molecule has 0 amide bonds. The van der Waals surface area contributed by atoms with Gasteiger partial charge in [-0.1, -0.05) is 4.39 Å². The fraction of sp³-hybridized carbons (Fsp3) is 1.00. The molecule has 0 aliphatic rings. The first-order valence-corrected chi connectivity index (χ1v) is 3.91. The highest BCUT2D eigenvalue weighted by Crippen LogP contribution is 2.30. The summed E-state index contributed by atoms with van der Waals surface area (Å²) in [5.41, 5.74) is 0. The highest BCUT2D eigenvalue weighted by atomic mass is 127. The minimum atomic E-state index is -5.35. The minimum Gasteiger partial charge on any atom is -0.189 e. The molecule has 0 fully saturated rings. The molecule has 8 heteroatoms. The first-order chi connectivity index (χ1) is 3.81. The first kappa shape index (κ1) is 9.43. The van der Waals surface area contributed by atoms with Gasteiger partial charge in [-0.25, -0.2) is 0 Å². The Hall–Kier alpha value is 0.430. The number of halogens is 4. The van der Waals surface area contributed by atoms with E-state index in [0.29, 0.717) is 0 Å². The SMILES string of the molecule is O=S(=O)(OF)C(F)(F)I. The maximum Gasteiger partial charge on any atom is 0.421 e. The van der Waals surface area contributed by atoms with Crippen LogP contribution in [-0.4, -0.2) is 11.7 Å². The van der Waals surface area contributed by atoms with Crippen molar-refractivity contribution in [2.24, 2.45) is 0 Å². The van der Waals surface area contributed by atoms with Crippen LogP contribution in [0, 0.1) is 0 Å². The molecule has 0 N–H and O–H groups in total. The van der Waals surface area contributed by atoms with Crippen LogP contribution >= 0.6 is 22.6 Å². The average molecular weight is 276 g/mol. The summed E-state index contributed by atoms with van der Waals surface area (Å²) in [5.74, 6) is 0. The maximum atomic E-state index is 11.5. The van der Waals surface area contributed by atoms with Crippen LogP contribution in [0.1, 0.15) is 0 Å². The lowest BCUT2D eigenvalue weighted by Crippen LogP contribution is -2.20. The van der Waals surface area contributed by atoms with Gasteiger partial charge in [-0.15, -0.1) is 0 Å². The molecule has 9 heavy (non-hydrogen) atoms. The molecule has 0 aromatic heterocycles. The van der Waals surface area contributed by atoms with Crippen LogP contribution in [0.3, 0.4) is 0 Å². The Balaban J connectivity index is 4.57. The van der Waals surface area contributed by atoms with E-state index in [9.17, 15) is 21.7 Å². The molecule has 0 unspecified atom stereocenters. The summed E-state index contributed by atoms with van der Waals surface area (Å²) < 4.78 is 50.9. The second kappa shape index (κ2) is 2.58. The van der Waals surface area contributed by atoms with Crippen LogP contribution in [0.25, 0.3) is 0 Å². The zero-order valence-corrected chi connectivity index (χ0v) is 6.62. The van der Waals surface area contributed by atoms with Crippen LogP contribution in [0.5, 0.6) is 0 Å². The van der Waals surface area contributed by atoms with E-state index < -0.39 is 13.4 Å². The van der Waals surface area contributed by atoms with Gasteiger partial charge in [0.25, 0.3) is 0 Å². The lowest BCUT2D eigenvalue weighted by Gasteiger charge is -2.02. The van der Waals surface area contributed by atoms with Gasteiger partial charge in [-0.05, 0) is 4.53 Å². The minimum absolute atomic E-state index is 0.233. The van der Waals surface area contributed by atoms with Gasteiger partial charge >= 0.3 is 13.4 Å². The standard InChI is InChI=1S/CF3IO3S/c2-1(3,5)9(6,7)8-4. The van der Waals surface area contributed by atoms with Gasteiger partial charge in [0.1, 0.15) is 0 Å². The summed E-state index contributed by atoms with van der Waals surface area (Å²) in [6, 6.07) is 0. The summed E-state index contributed by atoms with van der Waals surface area (Å²) in [5, 5.41) is 0. The van der Waals surface area contributed by atoms with Gasteiger partial charge in [0, 0.05) is 22.6 Å². The van der Waals surface area contributed by atoms with Gasteiger partial charge in [0.05, 0.1) is 0 Å². The molecular formula is CF3IO3S. The summed E-state index contributed by atoms with van der Waals surface area (Å²) in [4.78, 5) is 0. The highest BCUT2D eigenvalue weighted by Gasteiger charge is 2.44. The number of hydrogen-bond donors (Lipinski definition) is 0. The van der Waals surface area contributed by atoms with E-state index in [1.54, 1.807) is 0 Å². The molecule has 0 heterocycles. The Labute approximate surface area is 62.3 Å². The van der Waals surface area contributed by atoms with Crippen LogP contribution in [-0.2, 0) is 14.5 Å². The smallest absolute Gasteiger partial charge is 0.189 e. The van der Waals surface area contributed by atoms with Crippen LogP contribution < -0.4 is 0 Å². The van der Waals surface area contributed by atoms with E-state index >= 15 is 0 Å². The highest BCUT2D eigenvalue weighted by molar-refractivity contribution is 14.1. The Morgan fingerprint density at radius 2 is 1.78 bits per heavy atom. The zero-order chi connectivity index (χ0) is 7.71. The van der Waals surface area contributed by atoms with E-state index in [2.05, 4.69) is 0 Å². The monoisotopic (exact) mass is 276 g/mol. The van der Waals surface area contributed by atoms with Crippen molar-refractivity contribution in [1.82, 2.24) is 0 Å². The van der Waals surface area contributed by atoms with E-state index in [1.165, 1.54) is 0 Å². The first-order valence-electron chi connectivity index (χ1n) is 1.43. The number of rotatable bonds is 2. The fourth-order valence-electron chi connectivity index (χ4n) is 0.0357. The van der Waals surface area contributed by atoms with Gasteiger partial charge in [0.2, 0.25) is 0 Å². The summed E-state index contributed by atoms with van der Waals surface area (Å²) in [7, 11) is -5.35. The number of alkyl halides is 3. The molecule has 3 nitrogen and oxygen atoms in total. The molecule has 0 atom stereocenters. The Bertz CT molecular complexity index is 180. The Morgan fingerprint density at radius 1 is 1.44 bits per heavy atom. The molecule has 0 radical (unpaired) electrons. The molecule has 0 aliphatic heterocycles. The topological polar surface area (TPSA) is 43.4 Å². The second-order valence-corrected chi connectivity index (χ2v) is 4.60. The van der Waals surface area contributed by atoms with Crippen molar-refractivity contribution in [3.05, 3.63) is 0 Å². The normalized spacial score (nSPS) is 13.8. The van der Waals surface area contributed by atoms with Gasteiger partial charge in [-0.2, -0.15) is 17.2 Å². The molecule has 56 valence electrons. The largest absolute Gasteiger partial charge is 0.421 e. The van der Waals surface area contributed by atoms with Gasteiger partial charge in [-0.3, -0.25) is 0 Å². The molecule has 0 saturated carbocycles. The molecule has 0 aromatic carbocycles. The predicted octanol–water partition coefficient (Wildman–Crippen LogP) is 1.20. The van der Waals surface area contributed by atoms with Crippen molar-refractivity contribution >= 4 is 32.7 Å². The Morgan fingerprint density at radius 3 is 1.78 bits per heavy atom. The van der Waals surface area contributed by atoms with Crippen LogP contribution in [0.4, 0.5) is 13.3 Å². The lowest BCUT2D eigenvalue weighted by molar-refractivity contribution is -0.0100. The van der Waals surface area contributed by atoms with E-state index in [4.69, 9.17) is 0 Å². The van der Waals surface area contributed by atoms with Crippen molar-refractivity contribution in [3.63, 3.8) is 0 Å². The third-order valence-electron chi connectivity index (χ3n) is 0.366. The van der Waals surface area contributed by atoms with Crippen LogP contribution in [0.15, 0.2) is 0 Å². The quantitative estimate of drug-likeness (QED) is 0.562. The van der Waals surface area contributed by atoms with Crippen LogP contribution in [0.2, 0.25) is 0 Å². The van der Waals surface area contributed by atoms with Gasteiger partial charge < -0.3 is 0 Å². The summed E-state index contributed by atoms with van der Waals surface area (Å²) in [6.07, 6.45) is 0. The maximum absolute atomic E-state index is 11.5. The van der Waals surface area contributed by atoms with Crippen molar-refractivity contribution in [2.45, 2.75) is 3.26 Å². The zero-order valence-electron chi connectivity index (χ0n) is 3.64. The lowest BCUT2D eigenvalue weighted by atomic mass is 11.7. The third kappa shape index (κ3) is 2.26. The van der Waals surface area contributed by atoms with Crippen molar-refractivity contribution in [1.29, 1.82) is 0 Å². The average Bonchev–Trinajstić information content (AvgIpc) is 1.64. The number of hydrogen-bond acceptors (Lipinski definition) is 3. The molecule has 0 bridgehead atoms. The Kier molecular flexibility index (Phi) is 2.70. The van der Waals surface area contributed by atoms with Crippen molar-refractivity contribution in [2.75, 3.05) is 0 Å². The second-order valence-electron chi connectivity index (χ2n) is 0.963. The fourth-order valence-corrected chi connectivity index (χ4v) is 0.311. The van der Waals surface area contributed by atoms with E-state index in [0.717, 1.165) is 0 Å². The van der Waals surface area contributed by atoms with Crippen molar-refractivity contribution in [3.8, 4) is 0 Å². The summed E-state index contributed by atoms with van der Waals surface area (Å²) >= 11 is 0.233. The molecular weight excluding hydrogens is 276 g/mol.